The molecule has 1 aromatic heterocycles. The number of aromatic nitrogens is 1. The van der Waals surface area contributed by atoms with Crippen LogP contribution in [-0.2, 0) is 0 Å². The van der Waals surface area contributed by atoms with Crippen LogP contribution in [0.5, 0.6) is 11.5 Å². The summed E-state index contributed by atoms with van der Waals surface area (Å²) < 4.78 is 10.3. The number of nitrogens with two attached hydrogens (primary N) is 1. The highest BCUT2D eigenvalue weighted by molar-refractivity contribution is 6.07. The Morgan fingerprint density at radius 1 is 1.20 bits per heavy atom. The minimum Gasteiger partial charge on any atom is -0.493 e. The Hall–Kier alpha value is -2.76. The van der Waals surface area contributed by atoms with Gasteiger partial charge in [0.05, 0.1) is 31.7 Å². The Morgan fingerprint density at radius 3 is 2.60 bits per heavy atom. The Balaban J connectivity index is 2.22. The van der Waals surface area contributed by atoms with Gasteiger partial charge in [-0.3, -0.25) is 9.78 Å². The van der Waals surface area contributed by atoms with E-state index in [1.807, 2.05) is 0 Å². The Morgan fingerprint density at radius 2 is 1.95 bits per heavy atom. The summed E-state index contributed by atoms with van der Waals surface area (Å²) in [5.74, 6) is 0.819. The number of rotatable bonds is 4. The molecule has 0 radical (unpaired) electrons. The lowest BCUT2D eigenvalue weighted by molar-refractivity contribution is 0.102. The average molecular weight is 273 g/mol. The third kappa shape index (κ3) is 2.80. The fraction of sp³-hybridized carbons (Fsp3) is 0.143. The quantitative estimate of drug-likeness (QED) is 0.889. The van der Waals surface area contributed by atoms with Crippen molar-refractivity contribution in [2.24, 2.45) is 0 Å². The van der Waals surface area contributed by atoms with E-state index >= 15 is 0 Å². The van der Waals surface area contributed by atoms with E-state index in [9.17, 15) is 4.79 Å². The maximum absolute atomic E-state index is 12.1. The third-order valence-electron chi connectivity index (χ3n) is 2.74. The van der Waals surface area contributed by atoms with Crippen molar-refractivity contribution in [2.45, 2.75) is 0 Å². The van der Waals surface area contributed by atoms with Crippen LogP contribution in [0.3, 0.4) is 0 Å². The molecule has 1 heterocycles. The molecule has 1 aromatic carbocycles. The molecule has 0 atom stereocenters. The van der Waals surface area contributed by atoms with Gasteiger partial charge in [-0.15, -0.1) is 0 Å². The monoisotopic (exact) mass is 273 g/mol. The highest BCUT2D eigenvalue weighted by Gasteiger charge is 2.11. The Labute approximate surface area is 116 Å². The van der Waals surface area contributed by atoms with Crippen LogP contribution in [-0.4, -0.2) is 25.1 Å². The van der Waals surface area contributed by atoms with Gasteiger partial charge >= 0.3 is 0 Å². The number of anilines is 2. The maximum atomic E-state index is 12.1. The van der Waals surface area contributed by atoms with E-state index in [0.717, 1.165) is 0 Å². The smallest absolute Gasteiger partial charge is 0.257 e. The molecule has 104 valence electrons. The maximum Gasteiger partial charge on any atom is 0.257 e. The normalized spacial score (nSPS) is 9.90. The Bertz CT molecular complexity index is 629. The zero-order valence-electron chi connectivity index (χ0n) is 11.2. The minimum absolute atomic E-state index is 0.308. The summed E-state index contributed by atoms with van der Waals surface area (Å²) in [4.78, 5) is 15.9. The zero-order chi connectivity index (χ0) is 14.5. The zero-order valence-corrected chi connectivity index (χ0v) is 11.2. The molecule has 0 saturated heterocycles. The van der Waals surface area contributed by atoms with Gasteiger partial charge in [0.25, 0.3) is 5.91 Å². The second-order valence-corrected chi connectivity index (χ2v) is 3.99. The first-order valence-electron chi connectivity index (χ1n) is 5.88. The van der Waals surface area contributed by atoms with Gasteiger partial charge in [-0.05, 0) is 18.2 Å². The van der Waals surface area contributed by atoms with Crippen LogP contribution in [0.4, 0.5) is 11.4 Å². The van der Waals surface area contributed by atoms with Crippen molar-refractivity contribution in [1.82, 2.24) is 4.98 Å². The van der Waals surface area contributed by atoms with Crippen molar-refractivity contribution in [1.29, 1.82) is 0 Å². The predicted octanol–water partition coefficient (Wildman–Crippen LogP) is 1.93. The summed E-state index contributed by atoms with van der Waals surface area (Å²) in [5, 5.41) is 2.74. The first-order valence-corrected chi connectivity index (χ1v) is 5.88. The van der Waals surface area contributed by atoms with Crippen LogP contribution in [0.1, 0.15) is 10.4 Å². The number of nitrogens with zero attached hydrogens (tertiary/aromatic N) is 1. The SMILES string of the molecule is COc1ccc(NC(=O)c2ccncc2N)cc1OC. The van der Waals surface area contributed by atoms with Crippen molar-refractivity contribution in [3.05, 3.63) is 42.2 Å². The number of nitrogens with one attached hydrogen (secondary N) is 1. The number of hydrogen-bond acceptors (Lipinski definition) is 5. The molecule has 6 heteroatoms. The molecule has 0 unspecified atom stereocenters. The largest absolute Gasteiger partial charge is 0.493 e. The lowest BCUT2D eigenvalue weighted by Gasteiger charge is -2.11. The average Bonchev–Trinajstić information content (AvgIpc) is 2.47. The molecule has 0 aliphatic carbocycles. The van der Waals surface area contributed by atoms with Crippen LogP contribution < -0.4 is 20.5 Å². The molecule has 3 N–H and O–H groups in total. The summed E-state index contributed by atoms with van der Waals surface area (Å²) in [6.07, 6.45) is 2.95. The van der Waals surface area contributed by atoms with E-state index in [0.29, 0.717) is 28.4 Å². The fourth-order valence-electron chi connectivity index (χ4n) is 1.73. The third-order valence-corrected chi connectivity index (χ3v) is 2.74. The number of carbonyl (C=O) groups is 1. The number of nitrogen functional groups attached to an aromatic ring is 1. The molecule has 1 amide bonds. The summed E-state index contributed by atoms with van der Waals surface area (Å²) >= 11 is 0. The summed E-state index contributed by atoms with van der Waals surface area (Å²) in [6, 6.07) is 6.67. The van der Waals surface area contributed by atoms with E-state index in [-0.39, 0.29) is 5.91 Å². The van der Waals surface area contributed by atoms with Gasteiger partial charge in [-0.1, -0.05) is 0 Å². The van der Waals surface area contributed by atoms with Gasteiger partial charge in [0.1, 0.15) is 0 Å². The molecule has 20 heavy (non-hydrogen) atoms. The van der Waals surface area contributed by atoms with Gasteiger partial charge < -0.3 is 20.5 Å². The summed E-state index contributed by atoms with van der Waals surface area (Å²) in [7, 11) is 3.08. The van der Waals surface area contributed by atoms with Gasteiger partial charge in [0.2, 0.25) is 0 Å². The van der Waals surface area contributed by atoms with Crippen molar-refractivity contribution in [3.63, 3.8) is 0 Å². The molecule has 0 bridgehead atoms. The van der Waals surface area contributed by atoms with E-state index in [1.54, 1.807) is 31.4 Å². The topological polar surface area (TPSA) is 86.5 Å². The number of carbonyl (C=O) groups excluding carboxylic acids is 1. The van der Waals surface area contributed by atoms with E-state index in [2.05, 4.69) is 10.3 Å². The van der Waals surface area contributed by atoms with Gasteiger partial charge in [0, 0.05) is 18.0 Å². The molecule has 0 saturated carbocycles. The minimum atomic E-state index is -0.308. The van der Waals surface area contributed by atoms with Crippen molar-refractivity contribution in [3.8, 4) is 11.5 Å². The second kappa shape index (κ2) is 5.92. The van der Waals surface area contributed by atoms with Crippen molar-refractivity contribution in [2.75, 3.05) is 25.3 Å². The second-order valence-electron chi connectivity index (χ2n) is 3.99. The predicted molar refractivity (Wildman–Crippen MR) is 76.1 cm³/mol. The number of amides is 1. The summed E-state index contributed by atoms with van der Waals surface area (Å²) in [6.45, 7) is 0. The highest BCUT2D eigenvalue weighted by Crippen LogP contribution is 2.30. The standard InChI is InChI=1S/C14H15N3O3/c1-19-12-4-3-9(7-13(12)20-2)17-14(18)10-5-6-16-8-11(10)15/h3-8H,15H2,1-2H3,(H,17,18). The number of pyridine rings is 1. The lowest BCUT2D eigenvalue weighted by atomic mass is 10.2. The van der Waals surface area contributed by atoms with Crippen LogP contribution in [0.15, 0.2) is 36.7 Å². The summed E-state index contributed by atoms with van der Waals surface area (Å²) in [5.41, 5.74) is 6.99. The molecular weight excluding hydrogens is 258 g/mol. The van der Waals surface area contributed by atoms with Gasteiger partial charge in [-0.2, -0.15) is 0 Å². The molecule has 6 nitrogen and oxygen atoms in total. The van der Waals surface area contributed by atoms with Crippen molar-refractivity contribution < 1.29 is 14.3 Å². The van der Waals surface area contributed by atoms with E-state index < -0.39 is 0 Å². The number of hydrogen-bond donors (Lipinski definition) is 2. The van der Waals surface area contributed by atoms with Crippen LogP contribution in [0, 0.1) is 0 Å². The van der Waals surface area contributed by atoms with Crippen LogP contribution in [0.25, 0.3) is 0 Å². The first-order chi connectivity index (χ1) is 9.65. The van der Waals surface area contributed by atoms with Gasteiger partial charge in [0.15, 0.2) is 11.5 Å². The molecule has 2 aromatic rings. The van der Waals surface area contributed by atoms with E-state index in [1.165, 1.54) is 19.5 Å². The van der Waals surface area contributed by atoms with Crippen LogP contribution >= 0.6 is 0 Å². The number of methoxy groups -OCH3 is 2. The molecule has 0 fully saturated rings. The molecule has 0 spiro atoms. The van der Waals surface area contributed by atoms with Gasteiger partial charge in [-0.25, -0.2) is 0 Å². The van der Waals surface area contributed by atoms with E-state index in [4.69, 9.17) is 15.2 Å². The highest BCUT2D eigenvalue weighted by atomic mass is 16.5. The van der Waals surface area contributed by atoms with Crippen molar-refractivity contribution >= 4 is 17.3 Å². The number of ether oxygens (including phenoxy) is 2. The van der Waals surface area contributed by atoms with Crippen LogP contribution in [0.2, 0.25) is 0 Å². The molecule has 2 rings (SSSR count). The molecule has 0 aliphatic rings. The molecule has 0 aliphatic heterocycles. The number of benzene rings is 1. The Kier molecular flexibility index (Phi) is 4.05. The first kappa shape index (κ1) is 13.7. The molecular formula is C14H15N3O3. The lowest BCUT2D eigenvalue weighted by Crippen LogP contribution is -2.14. The fourth-order valence-corrected chi connectivity index (χ4v) is 1.73.